The zero-order chi connectivity index (χ0) is 18.8. The lowest BCUT2D eigenvalue weighted by atomic mass is 10.2. The molecule has 2 amide bonds. The number of nitrogens with one attached hydrogen (secondary N) is 1. The number of carbonyl (C=O) groups is 2. The van der Waals surface area contributed by atoms with Crippen molar-refractivity contribution in [1.82, 2.24) is 0 Å². The van der Waals surface area contributed by atoms with Crippen LogP contribution in [0, 0.1) is 0 Å². The molecule has 136 valence electrons. The minimum Gasteiger partial charge on any atom is -0.497 e. The van der Waals surface area contributed by atoms with Crippen LogP contribution < -0.4 is 19.7 Å². The average molecular weight is 395 g/mol. The standard InChI is InChI=1S/C18H16Cl2N2O4/c1-25-10-6-7-12(15(8-10)26-2)21-13-9-16(23)22(18(13)24)14-5-3-4-11(19)17(14)20/h3-8,13,21H,9H2,1-2H3/t13-/m1/s1. The van der Waals surface area contributed by atoms with Gasteiger partial charge in [-0.2, -0.15) is 0 Å². The Kier molecular flexibility index (Phi) is 5.25. The maximum atomic E-state index is 12.8. The van der Waals surface area contributed by atoms with Gasteiger partial charge in [-0.25, -0.2) is 4.90 Å². The maximum absolute atomic E-state index is 12.8. The van der Waals surface area contributed by atoms with Crippen LogP contribution in [0.1, 0.15) is 6.42 Å². The molecule has 6 nitrogen and oxygen atoms in total. The van der Waals surface area contributed by atoms with Gasteiger partial charge < -0.3 is 14.8 Å². The van der Waals surface area contributed by atoms with E-state index in [2.05, 4.69) is 5.32 Å². The summed E-state index contributed by atoms with van der Waals surface area (Å²) in [6, 6.07) is 9.23. The Hall–Kier alpha value is -2.44. The molecule has 8 heteroatoms. The third-order valence-corrected chi connectivity index (χ3v) is 4.87. The summed E-state index contributed by atoms with van der Waals surface area (Å²) < 4.78 is 10.5. The number of anilines is 2. The van der Waals surface area contributed by atoms with Crippen molar-refractivity contribution in [2.24, 2.45) is 0 Å². The lowest BCUT2D eigenvalue weighted by molar-refractivity contribution is -0.121. The molecule has 1 aliphatic heterocycles. The molecule has 0 spiro atoms. The molecule has 1 saturated heterocycles. The number of amides is 2. The monoisotopic (exact) mass is 394 g/mol. The minimum atomic E-state index is -0.736. The van der Waals surface area contributed by atoms with E-state index in [0.29, 0.717) is 17.2 Å². The number of carbonyl (C=O) groups excluding carboxylic acids is 2. The van der Waals surface area contributed by atoms with Crippen molar-refractivity contribution in [2.75, 3.05) is 24.4 Å². The summed E-state index contributed by atoms with van der Waals surface area (Å²) in [5, 5.41) is 3.50. The molecule has 26 heavy (non-hydrogen) atoms. The van der Waals surface area contributed by atoms with Crippen molar-refractivity contribution < 1.29 is 19.1 Å². The first kappa shape index (κ1) is 18.4. The second-order valence-electron chi connectivity index (χ2n) is 5.61. The van der Waals surface area contributed by atoms with E-state index in [1.807, 2.05) is 0 Å². The Balaban J connectivity index is 1.87. The highest BCUT2D eigenvalue weighted by molar-refractivity contribution is 6.45. The summed E-state index contributed by atoms with van der Waals surface area (Å²) >= 11 is 12.2. The van der Waals surface area contributed by atoms with E-state index in [0.717, 1.165) is 4.90 Å². The molecule has 0 unspecified atom stereocenters. The minimum absolute atomic E-state index is 0.00312. The largest absolute Gasteiger partial charge is 0.497 e. The van der Waals surface area contributed by atoms with Crippen molar-refractivity contribution in [1.29, 1.82) is 0 Å². The lowest BCUT2D eigenvalue weighted by Gasteiger charge is -2.18. The third kappa shape index (κ3) is 3.30. The molecule has 1 N–H and O–H groups in total. The van der Waals surface area contributed by atoms with Crippen molar-refractivity contribution in [3.63, 3.8) is 0 Å². The number of nitrogens with zero attached hydrogens (tertiary/aromatic N) is 1. The molecular formula is C18H16Cl2N2O4. The zero-order valence-electron chi connectivity index (χ0n) is 14.1. The van der Waals surface area contributed by atoms with Crippen LogP contribution in [0.5, 0.6) is 11.5 Å². The molecular weight excluding hydrogens is 379 g/mol. The number of rotatable bonds is 5. The molecule has 2 aromatic rings. The number of ether oxygens (including phenoxy) is 2. The van der Waals surface area contributed by atoms with Gasteiger partial charge in [0.05, 0.1) is 42.1 Å². The van der Waals surface area contributed by atoms with Crippen molar-refractivity contribution in [2.45, 2.75) is 12.5 Å². The fourth-order valence-electron chi connectivity index (χ4n) is 2.77. The first-order chi connectivity index (χ1) is 12.5. The summed E-state index contributed by atoms with van der Waals surface area (Å²) in [5.74, 6) is 0.360. The summed E-state index contributed by atoms with van der Waals surface area (Å²) in [5.41, 5.74) is 0.860. The molecule has 0 saturated carbocycles. The van der Waals surface area contributed by atoms with Crippen LogP contribution in [0.4, 0.5) is 11.4 Å². The Morgan fingerprint density at radius 2 is 1.88 bits per heavy atom. The van der Waals surface area contributed by atoms with E-state index in [1.54, 1.807) is 43.5 Å². The van der Waals surface area contributed by atoms with Crippen LogP contribution in [-0.2, 0) is 9.59 Å². The van der Waals surface area contributed by atoms with Crippen LogP contribution in [0.3, 0.4) is 0 Å². The predicted octanol–water partition coefficient (Wildman–Crippen LogP) is 3.75. The molecule has 0 bridgehead atoms. The van der Waals surface area contributed by atoms with Crippen LogP contribution in [0.25, 0.3) is 0 Å². The molecule has 1 heterocycles. The molecule has 0 aliphatic carbocycles. The van der Waals surface area contributed by atoms with Gasteiger partial charge in [0.2, 0.25) is 5.91 Å². The fourth-order valence-corrected chi connectivity index (χ4v) is 3.15. The lowest BCUT2D eigenvalue weighted by Crippen LogP contribution is -2.35. The maximum Gasteiger partial charge on any atom is 0.256 e. The van der Waals surface area contributed by atoms with Gasteiger partial charge in [0.15, 0.2) is 0 Å². The summed E-state index contributed by atoms with van der Waals surface area (Å²) in [6.45, 7) is 0. The van der Waals surface area contributed by atoms with Crippen molar-refractivity contribution in [3.8, 4) is 11.5 Å². The molecule has 0 aromatic heterocycles. The number of methoxy groups -OCH3 is 2. The highest BCUT2D eigenvalue weighted by atomic mass is 35.5. The number of hydrogen-bond donors (Lipinski definition) is 1. The van der Waals surface area contributed by atoms with Gasteiger partial charge in [-0.05, 0) is 24.3 Å². The number of hydrogen-bond acceptors (Lipinski definition) is 5. The Labute approximate surface area is 160 Å². The SMILES string of the molecule is COc1ccc(N[C@@H]2CC(=O)N(c3cccc(Cl)c3Cl)C2=O)c(OC)c1. The first-order valence-electron chi connectivity index (χ1n) is 7.75. The molecule has 0 radical (unpaired) electrons. The summed E-state index contributed by atoms with van der Waals surface area (Å²) in [6.07, 6.45) is -0.00312. The van der Waals surface area contributed by atoms with Gasteiger partial charge >= 0.3 is 0 Å². The van der Waals surface area contributed by atoms with Gasteiger partial charge in [0.1, 0.15) is 17.5 Å². The quantitative estimate of drug-likeness (QED) is 0.781. The first-order valence-corrected chi connectivity index (χ1v) is 8.51. The highest BCUT2D eigenvalue weighted by Gasteiger charge is 2.40. The average Bonchev–Trinajstić information content (AvgIpc) is 2.91. The predicted molar refractivity (Wildman–Crippen MR) is 101 cm³/mol. The Morgan fingerprint density at radius 3 is 2.58 bits per heavy atom. The van der Waals surface area contributed by atoms with Crippen molar-refractivity contribution >= 4 is 46.4 Å². The molecule has 2 aromatic carbocycles. The van der Waals surface area contributed by atoms with Crippen LogP contribution in [-0.4, -0.2) is 32.1 Å². The topological polar surface area (TPSA) is 67.9 Å². The van der Waals surface area contributed by atoms with Gasteiger partial charge in [0, 0.05) is 6.07 Å². The highest BCUT2D eigenvalue weighted by Crippen LogP contribution is 2.36. The second-order valence-corrected chi connectivity index (χ2v) is 6.39. The number of halogens is 2. The smallest absolute Gasteiger partial charge is 0.256 e. The zero-order valence-corrected chi connectivity index (χ0v) is 15.6. The van der Waals surface area contributed by atoms with E-state index in [-0.39, 0.29) is 28.1 Å². The Bertz CT molecular complexity index is 872. The van der Waals surface area contributed by atoms with Gasteiger partial charge in [-0.15, -0.1) is 0 Å². The van der Waals surface area contributed by atoms with Crippen LogP contribution in [0.15, 0.2) is 36.4 Å². The third-order valence-electron chi connectivity index (χ3n) is 4.06. The van der Waals surface area contributed by atoms with Crippen LogP contribution in [0.2, 0.25) is 10.0 Å². The summed E-state index contributed by atoms with van der Waals surface area (Å²) in [4.78, 5) is 26.3. The van der Waals surface area contributed by atoms with Crippen LogP contribution >= 0.6 is 23.2 Å². The van der Waals surface area contributed by atoms with E-state index >= 15 is 0 Å². The fraction of sp³-hybridized carbons (Fsp3) is 0.222. The van der Waals surface area contributed by atoms with E-state index in [1.165, 1.54) is 7.11 Å². The van der Waals surface area contributed by atoms with Crippen molar-refractivity contribution in [3.05, 3.63) is 46.4 Å². The normalized spacial score (nSPS) is 16.8. The summed E-state index contributed by atoms with van der Waals surface area (Å²) in [7, 11) is 3.06. The van der Waals surface area contributed by atoms with Gasteiger partial charge in [0.25, 0.3) is 5.91 Å². The number of imide groups is 1. The molecule has 1 atom stereocenters. The van der Waals surface area contributed by atoms with E-state index in [4.69, 9.17) is 32.7 Å². The second kappa shape index (κ2) is 7.43. The number of benzene rings is 2. The van der Waals surface area contributed by atoms with E-state index in [9.17, 15) is 9.59 Å². The molecule has 1 fully saturated rings. The van der Waals surface area contributed by atoms with Gasteiger partial charge in [-0.3, -0.25) is 9.59 Å². The van der Waals surface area contributed by atoms with Gasteiger partial charge in [-0.1, -0.05) is 29.3 Å². The molecule has 3 rings (SSSR count). The van der Waals surface area contributed by atoms with E-state index < -0.39 is 11.9 Å². The Morgan fingerprint density at radius 1 is 1.12 bits per heavy atom. The molecule has 1 aliphatic rings.